The van der Waals surface area contributed by atoms with Crippen LogP contribution in [0.15, 0.2) is 24.3 Å². The molecule has 0 heterocycles. The quantitative estimate of drug-likeness (QED) is 0.796. The van der Waals surface area contributed by atoms with Gasteiger partial charge in [-0.15, -0.1) is 30.3 Å². The third kappa shape index (κ3) is 3.91. The molecule has 1 aromatic rings. The van der Waals surface area contributed by atoms with Gasteiger partial charge in [0.25, 0.3) is 0 Å². The fourth-order valence-corrected chi connectivity index (χ4v) is 0.526. The van der Waals surface area contributed by atoms with Gasteiger partial charge in [0.2, 0.25) is 5.97 Å². The molecular weight excluding hydrogens is 320 g/mol. The van der Waals surface area contributed by atoms with E-state index < -0.39 is 5.97 Å². The number of aromatic carboxylic acids is 1. The van der Waals surface area contributed by atoms with E-state index in [1.807, 2.05) is 0 Å². The van der Waals surface area contributed by atoms with Crippen molar-refractivity contribution in [3.63, 3.8) is 0 Å². The fraction of sp³-hybridized carbons (Fsp3) is 0. The zero-order chi connectivity index (χ0) is 6.69. The Labute approximate surface area is 79.6 Å². The molecule has 0 atom stereocenters. The van der Waals surface area contributed by atoms with E-state index in [1.165, 1.54) is 6.07 Å². The molecule has 0 aliphatic carbocycles. The first-order valence-electron chi connectivity index (χ1n) is 2.51. The van der Waals surface area contributed by atoms with E-state index in [1.54, 1.807) is 18.2 Å². The van der Waals surface area contributed by atoms with Gasteiger partial charge in [0.1, 0.15) is 0 Å². The van der Waals surface area contributed by atoms with E-state index in [0.717, 1.165) is 0 Å². The third-order valence-corrected chi connectivity index (χ3v) is 0.939. The summed E-state index contributed by atoms with van der Waals surface area (Å²) in [6, 6.07) is 9.04. The second-order valence-electron chi connectivity index (χ2n) is 1.58. The average molecular weight is 328 g/mol. The number of carboxylic acids is 1. The smallest absolute Gasteiger partial charge is 0.247 e. The minimum atomic E-state index is -0.935. The third-order valence-electron chi connectivity index (χ3n) is 0.939. The maximum Gasteiger partial charge on any atom is 0.247 e. The Hall–Kier alpha value is -0.661. The van der Waals surface area contributed by atoms with E-state index in [-0.39, 0.29) is 33.1 Å². The van der Waals surface area contributed by atoms with E-state index >= 15 is 0 Å². The van der Waals surface area contributed by atoms with Crippen molar-refractivity contribution in [3.05, 3.63) is 43.3 Å². The van der Waals surface area contributed by atoms with E-state index in [0.29, 0.717) is 0 Å². The Morgan fingerprint density at radius 3 is 2.36 bits per heavy atom. The van der Waals surface area contributed by atoms with Crippen LogP contribution in [0.5, 0.6) is 0 Å². The average Bonchev–Trinajstić information content (AvgIpc) is 1.90. The summed E-state index contributed by atoms with van der Waals surface area (Å²) in [5, 5.41) is 8.35. The molecule has 3 heteroatoms. The van der Waals surface area contributed by atoms with E-state index in [9.17, 15) is 4.79 Å². The van der Waals surface area contributed by atoms with Gasteiger partial charge in [0.05, 0.1) is 0 Å². The zero-order valence-electron chi connectivity index (χ0n) is 6.00. The predicted octanol–water partition coefficient (Wildman–Crippen LogP) is 1.63. The number of hydrogen-bond donors (Lipinski definition) is 1. The summed E-state index contributed by atoms with van der Waals surface area (Å²) < 4.78 is 0. The molecule has 0 amide bonds. The van der Waals surface area contributed by atoms with Crippen LogP contribution in [-0.4, -0.2) is 11.1 Å². The Morgan fingerprint density at radius 2 is 2.09 bits per heavy atom. The van der Waals surface area contributed by atoms with Gasteiger partial charge in [-0.1, -0.05) is 5.56 Å². The second kappa shape index (κ2) is 6.08. The van der Waals surface area contributed by atoms with Crippen LogP contribution in [0, 0.1) is 13.5 Å². The van der Waals surface area contributed by atoms with Gasteiger partial charge in [0.15, 0.2) is 0 Å². The monoisotopic (exact) mass is 329 g/mol. The first kappa shape index (κ1) is 13.0. The van der Waals surface area contributed by atoms with Crippen molar-refractivity contribution in [2.45, 2.75) is 0 Å². The van der Waals surface area contributed by atoms with Crippen molar-refractivity contribution in [3.8, 4) is 0 Å². The van der Waals surface area contributed by atoms with Crippen molar-refractivity contribution < 1.29 is 30.0 Å². The predicted molar refractivity (Wildman–Crippen MR) is 38.7 cm³/mol. The van der Waals surface area contributed by atoms with Gasteiger partial charge < -0.3 is 17.3 Å². The number of rotatable bonds is 1. The number of carbonyl (C=O) groups is 1. The van der Waals surface area contributed by atoms with Gasteiger partial charge in [0, 0.05) is 20.1 Å². The van der Waals surface area contributed by atoms with Gasteiger partial charge in [-0.3, -0.25) is 0 Å². The molecule has 63 valence electrons. The molecule has 2 nitrogen and oxygen atoms in total. The standard InChI is InChI=1S/C7H5O2.CH3.Ir/c8-7(9)6-4-2-1-3-5-6;;/h1-4H,(H,8,9);1H3;/q2*-1;. The van der Waals surface area contributed by atoms with Crippen LogP contribution in [0.4, 0.5) is 0 Å². The molecule has 1 rings (SSSR count). The van der Waals surface area contributed by atoms with Crippen molar-refractivity contribution in [2.24, 2.45) is 0 Å². The molecular formula is C8H8IrO2-2. The van der Waals surface area contributed by atoms with Gasteiger partial charge in [-0.2, -0.15) is 0 Å². The Morgan fingerprint density at radius 1 is 1.45 bits per heavy atom. The largest absolute Gasteiger partial charge is 0.521 e. The molecule has 0 unspecified atom stereocenters. The van der Waals surface area contributed by atoms with Gasteiger partial charge in [-0.05, 0) is 0 Å². The first-order valence-corrected chi connectivity index (χ1v) is 2.51. The maximum absolute atomic E-state index is 10.2. The minimum Gasteiger partial charge on any atom is -0.521 e. The summed E-state index contributed by atoms with van der Waals surface area (Å²) in [6.07, 6.45) is 0. The van der Waals surface area contributed by atoms with Crippen LogP contribution >= 0.6 is 0 Å². The second-order valence-corrected chi connectivity index (χ2v) is 1.58. The van der Waals surface area contributed by atoms with Crippen LogP contribution in [0.25, 0.3) is 0 Å². The number of hydrogen-bond acceptors (Lipinski definition) is 1. The van der Waals surface area contributed by atoms with E-state index in [4.69, 9.17) is 5.11 Å². The molecule has 1 aromatic carbocycles. The molecule has 1 N–H and O–H groups in total. The van der Waals surface area contributed by atoms with Crippen LogP contribution < -0.4 is 0 Å². The van der Waals surface area contributed by atoms with Gasteiger partial charge in [-0.25, -0.2) is 0 Å². The van der Waals surface area contributed by atoms with Gasteiger partial charge >= 0.3 is 0 Å². The molecule has 1 radical (unpaired) electrons. The Bertz CT molecular complexity index is 209. The number of benzene rings is 1. The SMILES string of the molecule is O=C(O)c1[c-]cccc1.[CH3-].[Ir]. The number of carboxylic acid groups (broad SMARTS) is 1. The molecule has 0 aliphatic heterocycles. The molecule has 0 spiro atoms. The van der Waals surface area contributed by atoms with Crippen molar-refractivity contribution in [1.82, 2.24) is 0 Å². The fourth-order valence-electron chi connectivity index (χ4n) is 0.526. The molecule has 0 saturated carbocycles. The summed E-state index contributed by atoms with van der Waals surface area (Å²) in [6.45, 7) is 0. The topological polar surface area (TPSA) is 37.3 Å². The van der Waals surface area contributed by atoms with Crippen LogP contribution in [0.2, 0.25) is 0 Å². The minimum absolute atomic E-state index is 0. The summed E-state index contributed by atoms with van der Waals surface area (Å²) in [4.78, 5) is 10.2. The summed E-state index contributed by atoms with van der Waals surface area (Å²) in [7, 11) is 0. The van der Waals surface area contributed by atoms with Crippen molar-refractivity contribution in [2.75, 3.05) is 0 Å². The molecule has 0 aromatic heterocycles. The van der Waals surface area contributed by atoms with Crippen LogP contribution in [0.1, 0.15) is 10.4 Å². The summed E-state index contributed by atoms with van der Waals surface area (Å²) >= 11 is 0. The summed E-state index contributed by atoms with van der Waals surface area (Å²) in [5.41, 5.74) is 0.206. The molecule has 0 fully saturated rings. The van der Waals surface area contributed by atoms with Crippen LogP contribution in [0.3, 0.4) is 0 Å². The molecule has 0 bridgehead atoms. The van der Waals surface area contributed by atoms with Crippen molar-refractivity contribution in [1.29, 1.82) is 0 Å². The van der Waals surface area contributed by atoms with E-state index in [2.05, 4.69) is 6.07 Å². The molecule has 11 heavy (non-hydrogen) atoms. The van der Waals surface area contributed by atoms with Crippen molar-refractivity contribution >= 4 is 5.97 Å². The zero-order valence-corrected chi connectivity index (χ0v) is 8.39. The summed E-state index contributed by atoms with van der Waals surface area (Å²) in [5.74, 6) is -0.935. The maximum atomic E-state index is 10.2. The molecule has 0 saturated heterocycles. The van der Waals surface area contributed by atoms with Crippen LogP contribution in [-0.2, 0) is 20.1 Å². The Kier molecular flexibility index (Phi) is 7.16. The Balaban J connectivity index is 0. The first-order chi connectivity index (χ1) is 4.30. The molecule has 0 aliphatic rings. The normalized spacial score (nSPS) is 7.27.